The van der Waals surface area contributed by atoms with E-state index in [0.717, 1.165) is 10.9 Å². The monoisotopic (exact) mass is 341 g/mol. The summed E-state index contributed by atoms with van der Waals surface area (Å²) in [4.78, 5) is 25.4. The minimum Gasteiger partial charge on any atom is -0.467 e. The van der Waals surface area contributed by atoms with Crippen LogP contribution in [0.4, 0.5) is 0 Å². The number of ether oxygens (including phenoxy) is 2. The Morgan fingerprint density at radius 2 is 2.10 bits per heavy atom. The maximum Gasteiger partial charge on any atom is 0.336 e. The third kappa shape index (κ3) is 3.37. The lowest BCUT2D eigenvalue weighted by atomic mass is 10.1. The lowest BCUT2D eigenvalue weighted by Gasteiger charge is -2.31. The molecular weight excluding hydrogens is 326 g/mol. The summed E-state index contributed by atoms with van der Waals surface area (Å²) in [5, 5.41) is 0.753. The number of benzene rings is 1. The lowest BCUT2D eigenvalue weighted by Crippen LogP contribution is -2.48. The number of alkyl halides is 1. The standard InChI is InChI=1S/C14H16BrNO4/c1-19-14(18)12-9-16(6-7-20-12)13(17)11-4-2-10(8-15)3-5-11/h2-5,12H,6-9H2,1H3. The van der Waals surface area contributed by atoms with Crippen LogP contribution in [0, 0.1) is 0 Å². The SMILES string of the molecule is COC(=O)C1CN(C(=O)c2ccc(CBr)cc2)CCO1. The molecular formula is C14H16BrNO4. The number of methoxy groups -OCH3 is 1. The Hall–Kier alpha value is -1.40. The van der Waals surface area contributed by atoms with E-state index in [1.165, 1.54) is 7.11 Å². The molecule has 5 nitrogen and oxygen atoms in total. The fourth-order valence-electron chi connectivity index (χ4n) is 2.03. The summed E-state index contributed by atoms with van der Waals surface area (Å²) in [6.07, 6.45) is -0.695. The zero-order chi connectivity index (χ0) is 14.5. The number of morpholine rings is 1. The zero-order valence-electron chi connectivity index (χ0n) is 11.2. The van der Waals surface area contributed by atoms with Crippen LogP contribution in [0.2, 0.25) is 0 Å². The van der Waals surface area contributed by atoms with Gasteiger partial charge >= 0.3 is 5.97 Å². The van der Waals surface area contributed by atoms with Gasteiger partial charge in [-0.15, -0.1) is 0 Å². The fraction of sp³-hybridized carbons (Fsp3) is 0.429. The number of carbonyl (C=O) groups excluding carboxylic acids is 2. The van der Waals surface area contributed by atoms with Crippen molar-refractivity contribution in [2.24, 2.45) is 0 Å². The maximum atomic E-state index is 12.4. The molecule has 6 heteroatoms. The van der Waals surface area contributed by atoms with Crippen molar-refractivity contribution in [1.29, 1.82) is 0 Å². The molecule has 1 aromatic carbocycles. The highest BCUT2D eigenvalue weighted by Crippen LogP contribution is 2.13. The Labute approximate surface area is 126 Å². The summed E-state index contributed by atoms with van der Waals surface area (Å²) in [5.41, 5.74) is 1.72. The first kappa shape index (κ1) is 15.0. The topological polar surface area (TPSA) is 55.8 Å². The van der Waals surface area contributed by atoms with Crippen molar-refractivity contribution in [3.05, 3.63) is 35.4 Å². The first-order valence-corrected chi connectivity index (χ1v) is 7.41. The second kappa shape index (κ2) is 6.85. The first-order chi connectivity index (χ1) is 9.65. The lowest BCUT2D eigenvalue weighted by molar-refractivity contribution is -0.158. The highest BCUT2D eigenvalue weighted by Gasteiger charge is 2.30. The molecule has 0 bridgehead atoms. The quantitative estimate of drug-likeness (QED) is 0.619. The van der Waals surface area contributed by atoms with Crippen LogP contribution >= 0.6 is 15.9 Å². The maximum absolute atomic E-state index is 12.4. The number of rotatable bonds is 3. The third-order valence-electron chi connectivity index (χ3n) is 3.17. The summed E-state index contributed by atoms with van der Waals surface area (Å²) >= 11 is 3.36. The number of carbonyl (C=O) groups is 2. The average Bonchev–Trinajstić information content (AvgIpc) is 2.53. The molecule has 1 heterocycles. The Morgan fingerprint density at radius 3 is 2.70 bits per heavy atom. The second-order valence-corrected chi connectivity index (χ2v) is 5.03. The van der Waals surface area contributed by atoms with Gasteiger partial charge in [0.15, 0.2) is 6.10 Å². The van der Waals surface area contributed by atoms with Crippen molar-refractivity contribution in [3.63, 3.8) is 0 Å². The minimum atomic E-state index is -0.695. The number of nitrogens with zero attached hydrogens (tertiary/aromatic N) is 1. The molecule has 1 aliphatic heterocycles. The van der Waals surface area contributed by atoms with Crippen molar-refractivity contribution >= 4 is 27.8 Å². The van der Waals surface area contributed by atoms with Gasteiger partial charge in [0.05, 0.1) is 20.3 Å². The summed E-state index contributed by atoms with van der Waals surface area (Å²) in [6.45, 7) is 1.04. The number of hydrogen-bond donors (Lipinski definition) is 0. The van der Waals surface area contributed by atoms with Gasteiger partial charge in [-0.05, 0) is 17.7 Å². The molecule has 1 atom stereocenters. The molecule has 1 amide bonds. The smallest absolute Gasteiger partial charge is 0.336 e. The molecule has 0 saturated carbocycles. The van der Waals surface area contributed by atoms with Gasteiger partial charge in [0.2, 0.25) is 0 Å². The van der Waals surface area contributed by atoms with Gasteiger partial charge in [0, 0.05) is 17.4 Å². The molecule has 1 fully saturated rings. The molecule has 108 valence electrons. The van der Waals surface area contributed by atoms with Gasteiger partial charge in [0.25, 0.3) is 5.91 Å². The highest BCUT2D eigenvalue weighted by molar-refractivity contribution is 9.08. The average molecular weight is 342 g/mol. The largest absolute Gasteiger partial charge is 0.467 e. The molecule has 1 aliphatic rings. The Balaban J connectivity index is 2.05. The Bertz CT molecular complexity index is 488. The predicted molar refractivity (Wildman–Crippen MR) is 76.7 cm³/mol. The van der Waals surface area contributed by atoms with Gasteiger partial charge in [0.1, 0.15) is 0 Å². The van der Waals surface area contributed by atoms with E-state index >= 15 is 0 Å². The molecule has 1 aromatic rings. The molecule has 20 heavy (non-hydrogen) atoms. The number of hydrogen-bond acceptors (Lipinski definition) is 4. The molecule has 1 saturated heterocycles. The van der Waals surface area contributed by atoms with E-state index in [1.54, 1.807) is 17.0 Å². The van der Waals surface area contributed by atoms with E-state index in [9.17, 15) is 9.59 Å². The fourth-order valence-corrected chi connectivity index (χ4v) is 2.40. The summed E-state index contributed by atoms with van der Waals surface area (Å²) in [5.74, 6) is -0.541. The third-order valence-corrected chi connectivity index (χ3v) is 3.82. The van der Waals surface area contributed by atoms with E-state index in [2.05, 4.69) is 20.7 Å². The number of amides is 1. The second-order valence-electron chi connectivity index (χ2n) is 4.46. The summed E-state index contributed by atoms with van der Waals surface area (Å²) in [6, 6.07) is 7.39. The van der Waals surface area contributed by atoms with Crippen LogP contribution in [-0.2, 0) is 19.6 Å². The number of esters is 1. The van der Waals surface area contributed by atoms with Crippen molar-refractivity contribution in [2.45, 2.75) is 11.4 Å². The van der Waals surface area contributed by atoms with Crippen LogP contribution in [0.1, 0.15) is 15.9 Å². The molecule has 1 unspecified atom stereocenters. The highest BCUT2D eigenvalue weighted by atomic mass is 79.9. The van der Waals surface area contributed by atoms with Crippen molar-refractivity contribution in [1.82, 2.24) is 4.90 Å². The predicted octanol–water partition coefficient (Wildman–Crippen LogP) is 1.60. The molecule has 0 aromatic heterocycles. The van der Waals surface area contributed by atoms with E-state index in [0.29, 0.717) is 18.7 Å². The normalized spacial score (nSPS) is 18.7. The molecule has 0 spiro atoms. The van der Waals surface area contributed by atoms with Gasteiger partial charge in [-0.3, -0.25) is 4.79 Å². The van der Waals surface area contributed by atoms with Crippen molar-refractivity contribution in [2.75, 3.05) is 26.8 Å². The van der Waals surface area contributed by atoms with E-state index in [-0.39, 0.29) is 12.5 Å². The van der Waals surface area contributed by atoms with Gasteiger partial charge in [-0.2, -0.15) is 0 Å². The van der Waals surface area contributed by atoms with E-state index in [4.69, 9.17) is 4.74 Å². The van der Waals surface area contributed by atoms with Crippen LogP contribution in [0.3, 0.4) is 0 Å². The van der Waals surface area contributed by atoms with E-state index < -0.39 is 12.1 Å². The minimum absolute atomic E-state index is 0.0941. The van der Waals surface area contributed by atoms with Crippen LogP contribution in [0.5, 0.6) is 0 Å². The number of halogens is 1. The van der Waals surface area contributed by atoms with E-state index in [1.807, 2.05) is 12.1 Å². The van der Waals surface area contributed by atoms with Crippen LogP contribution < -0.4 is 0 Å². The molecule has 0 radical (unpaired) electrons. The van der Waals surface area contributed by atoms with Gasteiger partial charge in [-0.1, -0.05) is 28.1 Å². The van der Waals surface area contributed by atoms with Gasteiger partial charge < -0.3 is 14.4 Å². The Morgan fingerprint density at radius 1 is 1.40 bits per heavy atom. The van der Waals surface area contributed by atoms with Crippen LogP contribution in [-0.4, -0.2) is 49.7 Å². The zero-order valence-corrected chi connectivity index (χ0v) is 12.8. The Kier molecular flexibility index (Phi) is 5.14. The van der Waals surface area contributed by atoms with Crippen LogP contribution in [0.25, 0.3) is 0 Å². The first-order valence-electron chi connectivity index (χ1n) is 6.29. The summed E-state index contributed by atoms with van der Waals surface area (Å²) < 4.78 is 9.96. The summed E-state index contributed by atoms with van der Waals surface area (Å²) in [7, 11) is 1.31. The van der Waals surface area contributed by atoms with Crippen LogP contribution in [0.15, 0.2) is 24.3 Å². The molecule has 2 rings (SSSR count). The van der Waals surface area contributed by atoms with Crippen molar-refractivity contribution in [3.8, 4) is 0 Å². The van der Waals surface area contributed by atoms with Crippen molar-refractivity contribution < 1.29 is 19.1 Å². The molecule has 0 N–H and O–H groups in total. The molecule has 0 aliphatic carbocycles. The van der Waals surface area contributed by atoms with Gasteiger partial charge in [-0.25, -0.2) is 4.79 Å².